The van der Waals surface area contributed by atoms with Crippen LogP contribution in [0.15, 0.2) is 10.4 Å². The number of rotatable bonds is 3. The van der Waals surface area contributed by atoms with Crippen molar-refractivity contribution in [1.82, 2.24) is 9.80 Å². The van der Waals surface area contributed by atoms with E-state index >= 15 is 0 Å². The van der Waals surface area contributed by atoms with Crippen LogP contribution in [0.2, 0.25) is 0 Å². The molecule has 3 nitrogen and oxygen atoms in total. The zero-order chi connectivity index (χ0) is 12.8. The van der Waals surface area contributed by atoms with Gasteiger partial charge in [0.1, 0.15) is 4.32 Å². The number of hydrogen-bond acceptors (Lipinski definition) is 5. The van der Waals surface area contributed by atoms with Crippen molar-refractivity contribution in [1.29, 1.82) is 0 Å². The van der Waals surface area contributed by atoms with Gasteiger partial charge in [-0.25, -0.2) is 0 Å². The fourth-order valence-electron chi connectivity index (χ4n) is 1.53. The second-order valence-electron chi connectivity index (χ2n) is 3.53. The molecule has 0 aromatic rings. The van der Waals surface area contributed by atoms with Gasteiger partial charge in [0.05, 0.1) is 5.03 Å². The minimum Gasteiger partial charge on any atom is -0.365 e. The fraction of sp³-hybridized carbons (Fsp3) is 0.636. The molecule has 0 radical (unpaired) electrons. The van der Waals surface area contributed by atoms with E-state index in [1.165, 1.54) is 16.8 Å². The van der Waals surface area contributed by atoms with Crippen molar-refractivity contribution in [3.8, 4) is 0 Å². The molecule has 1 rings (SSSR count). The van der Waals surface area contributed by atoms with Crippen molar-refractivity contribution < 1.29 is 4.79 Å². The summed E-state index contributed by atoms with van der Waals surface area (Å²) in [7, 11) is 0. The summed E-state index contributed by atoms with van der Waals surface area (Å²) in [5, 5.41) is 3.33. The molecule has 0 unspecified atom stereocenters. The molecule has 17 heavy (non-hydrogen) atoms. The molecule has 0 spiro atoms. The SMILES string of the molecule is CCN(C(C)=O)C(=S)S/C=C1/SCCN1CC. The molecule has 1 aliphatic rings. The van der Waals surface area contributed by atoms with E-state index in [0.29, 0.717) is 10.9 Å². The predicted molar refractivity (Wildman–Crippen MR) is 81.0 cm³/mol. The van der Waals surface area contributed by atoms with Crippen LogP contribution in [0.25, 0.3) is 0 Å². The molecule has 96 valence electrons. The third kappa shape index (κ3) is 4.19. The van der Waals surface area contributed by atoms with E-state index in [1.807, 2.05) is 18.7 Å². The first kappa shape index (κ1) is 14.9. The summed E-state index contributed by atoms with van der Waals surface area (Å²) in [6, 6.07) is 0. The second-order valence-corrected chi connectivity index (χ2v) is 6.15. The van der Waals surface area contributed by atoms with Gasteiger partial charge in [-0.05, 0) is 13.8 Å². The molecular formula is C11H18N2OS3. The van der Waals surface area contributed by atoms with Gasteiger partial charge in [-0.1, -0.05) is 24.0 Å². The molecule has 0 aliphatic carbocycles. The van der Waals surface area contributed by atoms with Crippen LogP contribution in [0.3, 0.4) is 0 Å². The van der Waals surface area contributed by atoms with Gasteiger partial charge in [0.2, 0.25) is 5.91 Å². The Labute approximate surface area is 117 Å². The Hall–Kier alpha value is -0.200. The number of thioether (sulfide) groups is 2. The lowest BCUT2D eigenvalue weighted by atomic mass is 10.5. The monoisotopic (exact) mass is 290 g/mol. The number of thiocarbonyl (C=S) groups is 1. The quantitative estimate of drug-likeness (QED) is 0.744. The summed E-state index contributed by atoms with van der Waals surface area (Å²) in [6.45, 7) is 8.39. The number of hydrogen-bond donors (Lipinski definition) is 0. The molecule has 0 saturated carbocycles. The number of amides is 1. The lowest BCUT2D eigenvalue weighted by molar-refractivity contribution is -0.124. The van der Waals surface area contributed by atoms with Crippen molar-refractivity contribution in [2.75, 3.05) is 25.4 Å². The molecule has 1 fully saturated rings. The second kappa shape index (κ2) is 7.28. The average molecular weight is 290 g/mol. The lowest BCUT2D eigenvalue weighted by Gasteiger charge is -2.19. The summed E-state index contributed by atoms with van der Waals surface area (Å²) in [6.07, 6.45) is 0. The van der Waals surface area contributed by atoms with Gasteiger partial charge in [-0.3, -0.25) is 9.69 Å². The summed E-state index contributed by atoms with van der Waals surface area (Å²) in [5.74, 6) is 1.15. The molecule has 0 aromatic carbocycles. The standard InChI is InChI=1S/C11H18N2OS3/c1-4-12-6-7-16-10(12)8-17-11(15)13(5-2)9(3)14/h8H,4-7H2,1-3H3/b10-8+. The van der Waals surface area contributed by atoms with Gasteiger partial charge >= 0.3 is 0 Å². The van der Waals surface area contributed by atoms with Gasteiger partial charge in [0, 0.05) is 37.7 Å². The summed E-state index contributed by atoms with van der Waals surface area (Å²) in [4.78, 5) is 15.3. The molecule has 0 bridgehead atoms. The number of carbonyl (C=O) groups excluding carboxylic acids is 1. The molecule has 1 saturated heterocycles. The first-order valence-corrected chi connectivity index (χ1v) is 7.94. The topological polar surface area (TPSA) is 23.6 Å². The van der Waals surface area contributed by atoms with E-state index in [0.717, 1.165) is 18.8 Å². The first-order valence-electron chi connectivity index (χ1n) is 5.66. The zero-order valence-electron chi connectivity index (χ0n) is 10.4. The molecule has 6 heteroatoms. The van der Waals surface area contributed by atoms with E-state index in [4.69, 9.17) is 12.2 Å². The highest BCUT2D eigenvalue weighted by Crippen LogP contribution is 2.30. The molecule has 1 aliphatic heterocycles. The Kier molecular flexibility index (Phi) is 6.37. The van der Waals surface area contributed by atoms with Crippen LogP contribution in [0.1, 0.15) is 20.8 Å². The van der Waals surface area contributed by atoms with Crippen LogP contribution >= 0.6 is 35.7 Å². The van der Waals surface area contributed by atoms with Crippen molar-refractivity contribution in [2.45, 2.75) is 20.8 Å². The third-order valence-corrected chi connectivity index (χ3v) is 4.96. The minimum absolute atomic E-state index is 0.00910. The van der Waals surface area contributed by atoms with E-state index in [1.54, 1.807) is 11.8 Å². The van der Waals surface area contributed by atoms with Crippen molar-refractivity contribution in [2.24, 2.45) is 0 Å². The van der Waals surface area contributed by atoms with E-state index < -0.39 is 0 Å². The zero-order valence-corrected chi connectivity index (χ0v) is 12.9. The molecule has 1 amide bonds. The number of carbonyl (C=O) groups is 1. The van der Waals surface area contributed by atoms with Gasteiger partial charge in [-0.2, -0.15) is 0 Å². The Morgan fingerprint density at radius 1 is 1.65 bits per heavy atom. The van der Waals surface area contributed by atoms with E-state index in [9.17, 15) is 4.79 Å². The van der Waals surface area contributed by atoms with Crippen LogP contribution in [0.5, 0.6) is 0 Å². The molecule has 0 atom stereocenters. The maximum absolute atomic E-state index is 11.3. The Balaban J connectivity index is 2.57. The van der Waals surface area contributed by atoms with E-state index in [2.05, 4.69) is 17.2 Å². The highest BCUT2D eigenvalue weighted by Gasteiger charge is 2.17. The summed E-state index contributed by atoms with van der Waals surface area (Å²) < 4.78 is 0.635. The van der Waals surface area contributed by atoms with Crippen LogP contribution in [-0.4, -0.2) is 45.4 Å². The smallest absolute Gasteiger partial charge is 0.224 e. The van der Waals surface area contributed by atoms with Gasteiger partial charge in [-0.15, -0.1) is 11.8 Å². The van der Waals surface area contributed by atoms with Gasteiger partial charge in [0.25, 0.3) is 0 Å². The maximum atomic E-state index is 11.3. The summed E-state index contributed by atoms with van der Waals surface area (Å²) >= 11 is 8.57. The van der Waals surface area contributed by atoms with Crippen LogP contribution in [0.4, 0.5) is 0 Å². The van der Waals surface area contributed by atoms with Crippen LogP contribution in [-0.2, 0) is 4.79 Å². The van der Waals surface area contributed by atoms with E-state index in [-0.39, 0.29) is 5.91 Å². The van der Waals surface area contributed by atoms with Crippen molar-refractivity contribution in [3.05, 3.63) is 10.4 Å². The minimum atomic E-state index is 0.00910. The highest BCUT2D eigenvalue weighted by molar-refractivity contribution is 8.25. The van der Waals surface area contributed by atoms with Crippen LogP contribution < -0.4 is 0 Å². The molecule has 1 heterocycles. The van der Waals surface area contributed by atoms with Crippen LogP contribution in [0, 0.1) is 0 Å². The Morgan fingerprint density at radius 3 is 2.88 bits per heavy atom. The lowest BCUT2D eigenvalue weighted by Crippen LogP contribution is -2.31. The van der Waals surface area contributed by atoms with Gasteiger partial charge in [0.15, 0.2) is 0 Å². The third-order valence-electron chi connectivity index (χ3n) is 2.48. The normalized spacial score (nSPS) is 17.6. The van der Waals surface area contributed by atoms with Crippen molar-refractivity contribution >= 4 is 46.0 Å². The Bertz CT molecular complexity index is 331. The fourth-order valence-corrected chi connectivity index (χ4v) is 4.01. The Morgan fingerprint density at radius 2 is 2.35 bits per heavy atom. The predicted octanol–water partition coefficient (Wildman–Crippen LogP) is 2.74. The first-order chi connectivity index (χ1) is 8.10. The highest BCUT2D eigenvalue weighted by atomic mass is 32.2. The summed E-state index contributed by atoms with van der Waals surface area (Å²) in [5.41, 5.74) is 0. The molecule has 0 aromatic heterocycles. The molecule has 0 N–H and O–H groups in total. The van der Waals surface area contributed by atoms with Gasteiger partial charge < -0.3 is 4.90 Å². The largest absolute Gasteiger partial charge is 0.365 e. The van der Waals surface area contributed by atoms with Crippen molar-refractivity contribution in [3.63, 3.8) is 0 Å². The maximum Gasteiger partial charge on any atom is 0.224 e. The molecular weight excluding hydrogens is 272 g/mol. The average Bonchev–Trinajstić information content (AvgIpc) is 2.74. The number of nitrogens with zero attached hydrogens (tertiary/aromatic N) is 2.